The number of nitrogens with zero attached hydrogens (tertiary/aromatic N) is 3. The maximum Gasteiger partial charge on any atom is 0.149 e. The van der Waals surface area contributed by atoms with Crippen LogP contribution in [0, 0.1) is 22.6 Å². The van der Waals surface area contributed by atoms with Gasteiger partial charge >= 0.3 is 0 Å². The second-order valence-electron chi connectivity index (χ2n) is 9.00. The first kappa shape index (κ1) is 23.7. The summed E-state index contributed by atoms with van der Waals surface area (Å²) in [4.78, 5) is 8.47. The van der Waals surface area contributed by atoms with Crippen LogP contribution in [0.3, 0.4) is 0 Å². The van der Waals surface area contributed by atoms with E-state index >= 15 is 0 Å². The van der Waals surface area contributed by atoms with E-state index in [-0.39, 0.29) is 10.6 Å². The fourth-order valence-electron chi connectivity index (χ4n) is 4.22. The largest absolute Gasteiger partial charge is 0.383 e. The fourth-order valence-corrected chi connectivity index (χ4v) is 4.43. The molecule has 7 nitrogen and oxygen atoms in total. The van der Waals surface area contributed by atoms with Crippen LogP contribution >= 0.6 is 11.6 Å². The van der Waals surface area contributed by atoms with Gasteiger partial charge in [-0.2, -0.15) is 5.26 Å². The second kappa shape index (κ2) is 10.6. The Labute approximate surface area is 199 Å². The highest BCUT2D eigenvalue weighted by Crippen LogP contribution is 2.45. The molecule has 2 saturated carbocycles. The van der Waals surface area contributed by atoms with Gasteiger partial charge in [-0.25, -0.2) is 14.4 Å². The molecule has 2 aliphatic rings. The van der Waals surface area contributed by atoms with Crippen molar-refractivity contribution < 1.29 is 9.13 Å². The van der Waals surface area contributed by atoms with Gasteiger partial charge in [0.15, 0.2) is 0 Å². The number of aromatic nitrogens is 2. The van der Waals surface area contributed by atoms with E-state index in [2.05, 4.69) is 32.0 Å². The molecule has 2 aromatic heterocycles. The van der Waals surface area contributed by atoms with E-state index in [4.69, 9.17) is 16.3 Å². The Morgan fingerprint density at radius 2 is 1.91 bits per heavy atom. The molecular weight excluding hydrogens is 443 g/mol. The third kappa shape index (κ3) is 6.11. The average Bonchev–Trinajstić information content (AvgIpc) is 3.62. The van der Waals surface area contributed by atoms with Crippen molar-refractivity contribution in [3.63, 3.8) is 0 Å². The topological polar surface area (TPSA) is 94.9 Å². The van der Waals surface area contributed by atoms with Gasteiger partial charge in [0.2, 0.25) is 0 Å². The van der Waals surface area contributed by atoms with Crippen LogP contribution in [0.2, 0.25) is 5.15 Å². The summed E-state index contributed by atoms with van der Waals surface area (Å²) >= 11 is 6.33. The van der Waals surface area contributed by atoms with E-state index in [1.54, 1.807) is 25.4 Å². The van der Waals surface area contributed by atoms with Crippen molar-refractivity contribution in [3.05, 3.63) is 35.5 Å². The number of hydrogen-bond donors (Lipinski definition) is 3. The van der Waals surface area contributed by atoms with Crippen molar-refractivity contribution in [1.82, 2.24) is 15.3 Å². The lowest BCUT2D eigenvalue weighted by Crippen LogP contribution is -2.38. The lowest BCUT2D eigenvalue weighted by atomic mass is 9.91. The molecule has 2 aromatic rings. The van der Waals surface area contributed by atoms with Gasteiger partial charge in [-0.15, -0.1) is 0 Å². The summed E-state index contributed by atoms with van der Waals surface area (Å²) in [6, 6.07) is 6.63. The molecule has 0 amide bonds. The van der Waals surface area contributed by atoms with Gasteiger partial charge in [0.1, 0.15) is 16.8 Å². The summed E-state index contributed by atoms with van der Waals surface area (Å²) in [5, 5.41) is 19.7. The van der Waals surface area contributed by atoms with Crippen LogP contribution in [-0.4, -0.2) is 48.9 Å². The van der Waals surface area contributed by atoms with Gasteiger partial charge in [0.25, 0.3) is 0 Å². The van der Waals surface area contributed by atoms with E-state index in [0.717, 1.165) is 45.1 Å². The van der Waals surface area contributed by atoms with Crippen molar-refractivity contribution >= 4 is 23.1 Å². The smallest absolute Gasteiger partial charge is 0.149 e. The van der Waals surface area contributed by atoms with Crippen LogP contribution in [-0.2, 0) is 4.74 Å². The SMILES string of the molecule is COCCN[C@H]1CC[C@H](Nc2cc(-c3cc(NCC4(C#N)CC4)cnc3Cl)c(F)cn2)CC1. The van der Waals surface area contributed by atoms with Gasteiger partial charge in [-0.05, 0) is 50.7 Å². The van der Waals surface area contributed by atoms with Crippen LogP contribution in [0.4, 0.5) is 15.9 Å². The summed E-state index contributed by atoms with van der Waals surface area (Å²) in [5.74, 6) is 0.168. The molecule has 176 valence electrons. The van der Waals surface area contributed by atoms with Crippen molar-refractivity contribution in [2.75, 3.05) is 37.4 Å². The van der Waals surface area contributed by atoms with Crippen molar-refractivity contribution in [2.24, 2.45) is 5.41 Å². The number of nitrogens with one attached hydrogen (secondary N) is 3. The zero-order valence-electron chi connectivity index (χ0n) is 18.8. The Morgan fingerprint density at radius 3 is 2.61 bits per heavy atom. The first-order valence-electron chi connectivity index (χ1n) is 11.5. The Balaban J connectivity index is 1.41. The van der Waals surface area contributed by atoms with E-state index in [0.29, 0.717) is 47.9 Å². The predicted molar refractivity (Wildman–Crippen MR) is 128 cm³/mol. The zero-order valence-corrected chi connectivity index (χ0v) is 19.6. The molecule has 0 bridgehead atoms. The number of hydrogen-bond acceptors (Lipinski definition) is 7. The number of rotatable bonds is 10. The number of halogens is 2. The maximum absolute atomic E-state index is 14.7. The molecule has 2 aliphatic carbocycles. The fraction of sp³-hybridized carbons (Fsp3) is 0.542. The van der Waals surface area contributed by atoms with Gasteiger partial charge in [-0.3, -0.25) is 0 Å². The number of pyridine rings is 2. The first-order valence-corrected chi connectivity index (χ1v) is 11.9. The Bertz CT molecular complexity index is 1000. The molecule has 4 rings (SSSR count). The van der Waals surface area contributed by atoms with Gasteiger partial charge in [0.05, 0.1) is 36.2 Å². The molecule has 9 heteroatoms. The van der Waals surface area contributed by atoms with E-state index < -0.39 is 5.82 Å². The van der Waals surface area contributed by atoms with Crippen LogP contribution in [0.1, 0.15) is 38.5 Å². The summed E-state index contributed by atoms with van der Waals surface area (Å²) < 4.78 is 19.8. The monoisotopic (exact) mass is 472 g/mol. The number of methoxy groups -OCH3 is 1. The van der Waals surface area contributed by atoms with Crippen molar-refractivity contribution in [1.29, 1.82) is 5.26 Å². The number of anilines is 2. The number of ether oxygens (including phenoxy) is 1. The van der Waals surface area contributed by atoms with Gasteiger partial charge in [-0.1, -0.05) is 11.6 Å². The summed E-state index contributed by atoms with van der Waals surface area (Å²) in [6.45, 7) is 2.12. The minimum Gasteiger partial charge on any atom is -0.383 e. The minimum atomic E-state index is -0.455. The highest BCUT2D eigenvalue weighted by atomic mass is 35.5. The normalized spacial score (nSPS) is 21.3. The molecule has 0 atom stereocenters. The molecule has 33 heavy (non-hydrogen) atoms. The zero-order chi connectivity index (χ0) is 23.3. The summed E-state index contributed by atoms with van der Waals surface area (Å²) in [6.07, 6.45) is 8.79. The summed E-state index contributed by atoms with van der Waals surface area (Å²) in [7, 11) is 1.71. The molecule has 0 aromatic carbocycles. The van der Waals surface area contributed by atoms with E-state index in [1.165, 1.54) is 6.20 Å². The van der Waals surface area contributed by atoms with Crippen molar-refractivity contribution in [2.45, 2.75) is 50.6 Å². The second-order valence-corrected chi connectivity index (χ2v) is 9.36. The predicted octanol–water partition coefficient (Wildman–Crippen LogP) is 4.61. The number of nitriles is 1. The Hall–Kier alpha value is -2.47. The van der Waals surface area contributed by atoms with E-state index in [1.807, 2.05) is 0 Å². The molecule has 0 spiro atoms. The van der Waals surface area contributed by atoms with Gasteiger partial charge in [0, 0.05) is 43.4 Å². The molecule has 0 unspecified atom stereocenters. The Kier molecular flexibility index (Phi) is 7.63. The van der Waals surface area contributed by atoms with Crippen LogP contribution in [0.15, 0.2) is 24.5 Å². The summed E-state index contributed by atoms with van der Waals surface area (Å²) in [5.41, 5.74) is 1.26. The minimum absolute atomic E-state index is 0.223. The molecule has 0 aliphatic heterocycles. The average molecular weight is 473 g/mol. The highest BCUT2D eigenvalue weighted by Gasteiger charge is 2.42. The molecule has 2 heterocycles. The molecule has 0 saturated heterocycles. The lowest BCUT2D eigenvalue weighted by Gasteiger charge is -2.30. The van der Waals surface area contributed by atoms with Crippen LogP contribution < -0.4 is 16.0 Å². The Morgan fingerprint density at radius 1 is 1.15 bits per heavy atom. The van der Waals surface area contributed by atoms with E-state index in [9.17, 15) is 9.65 Å². The molecule has 2 fully saturated rings. The molecule has 0 radical (unpaired) electrons. The maximum atomic E-state index is 14.7. The molecule has 3 N–H and O–H groups in total. The van der Waals surface area contributed by atoms with Crippen molar-refractivity contribution in [3.8, 4) is 17.2 Å². The van der Waals surface area contributed by atoms with Crippen LogP contribution in [0.25, 0.3) is 11.1 Å². The standard InChI is InChI=1S/C24H30ClFN6O/c1-33-9-8-28-16-2-4-17(5-3-16)32-22-11-19(21(26)13-29-22)20-10-18(12-30-23(20)25)31-15-24(14-27)6-7-24/h10-13,16-17,28,31H,2-9,15H2,1H3,(H,29,32)/t16-,17-. The third-order valence-electron chi connectivity index (χ3n) is 6.52. The van der Waals surface area contributed by atoms with Crippen LogP contribution in [0.5, 0.6) is 0 Å². The lowest BCUT2D eigenvalue weighted by molar-refractivity contribution is 0.191. The first-order chi connectivity index (χ1) is 16.0. The van der Waals surface area contributed by atoms with Gasteiger partial charge < -0.3 is 20.7 Å². The molecular formula is C24H30ClFN6O. The quantitative estimate of drug-likeness (QED) is 0.343. The highest BCUT2D eigenvalue weighted by molar-refractivity contribution is 6.32. The third-order valence-corrected chi connectivity index (χ3v) is 6.83.